The second kappa shape index (κ2) is 9.27. The maximum Gasteiger partial charge on any atom is 0.119 e. The number of aryl methyl sites for hydroxylation is 1. The van der Waals surface area contributed by atoms with Crippen LogP contribution in [0.3, 0.4) is 0 Å². The van der Waals surface area contributed by atoms with Crippen LogP contribution in [0.1, 0.15) is 24.0 Å². The normalized spacial score (nSPS) is 18.2. The SMILES string of the molecule is COc1ccc2c(c1)CC(NC[C@H](O)CSc1ccccc1)CCC2. The van der Waals surface area contributed by atoms with Gasteiger partial charge in [0.25, 0.3) is 0 Å². The molecule has 2 aromatic carbocycles. The van der Waals surface area contributed by atoms with Crippen LogP contribution in [0.4, 0.5) is 0 Å². The highest BCUT2D eigenvalue weighted by atomic mass is 32.2. The Morgan fingerprint density at radius 1 is 1.20 bits per heavy atom. The van der Waals surface area contributed by atoms with E-state index in [0.717, 1.165) is 25.0 Å². The molecule has 3 nitrogen and oxygen atoms in total. The number of aliphatic hydroxyl groups excluding tert-OH is 1. The first kappa shape index (κ1) is 18.3. The quantitative estimate of drug-likeness (QED) is 0.586. The summed E-state index contributed by atoms with van der Waals surface area (Å²) in [5, 5.41) is 13.9. The fourth-order valence-corrected chi connectivity index (χ4v) is 4.17. The predicted molar refractivity (Wildman–Crippen MR) is 105 cm³/mol. The summed E-state index contributed by atoms with van der Waals surface area (Å²) in [6, 6.07) is 17.1. The number of methoxy groups -OCH3 is 1. The van der Waals surface area contributed by atoms with Crippen molar-refractivity contribution in [3.8, 4) is 5.75 Å². The Balaban J connectivity index is 1.49. The molecule has 0 radical (unpaired) electrons. The van der Waals surface area contributed by atoms with E-state index >= 15 is 0 Å². The third-order valence-corrected chi connectivity index (χ3v) is 5.86. The highest BCUT2D eigenvalue weighted by Gasteiger charge is 2.18. The molecule has 4 heteroatoms. The van der Waals surface area contributed by atoms with Gasteiger partial charge in [0.15, 0.2) is 0 Å². The van der Waals surface area contributed by atoms with Gasteiger partial charge in [-0.15, -0.1) is 11.8 Å². The molecule has 25 heavy (non-hydrogen) atoms. The summed E-state index contributed by atoms with van der Waals surface area (Å²) in [7, 11) is 1.72. The monoisotopic (exact) mass is 357 g/mol. The highest BCUT2D eigenvalue weighted by Crippen LogP contribution is 2.25. The van der Waals surface area contributed by atoms with E-state index in [9.17, 15) is 5.11 Å². The summed E-state index contributed by atoms with van der Waals surface area (Å²) in [6.07, 6.45) is 4.13. The molecule has 0 heterocycles. The molecule has 0 amide bonds. The van der Waals surface area contributed by atoms with Crippen LogP contribution in [0.15, 0.2) is 53.4 Å². The smallest absolute Gasteiger partial charge is 0.119 e. The van der Waals surface area contributed by atoms with Crippen LogP contribution in [-0.2, 0) is 12.8 Å². The van der Waals surface area contributed by atoms with Crippen molar-refractivity contribution in [3.05, 3.63) is 59.7 Å². The van der Waals surface area contributed by atoms with E-state index in [-0.39, 0.29) is 6.10 Å². The number of nitrogens with one attached hydrogen (secondary N) is 1. The maximum atomic E-state index is 10.3. The lowest BCUT2D eigenvalue weighted by Crippen LogP contribution is -2.37. The molecule has 0 saturated carbocycles. The Hall–Kier alpha value is -1.49. The molecule has 0 aliphatic heterocycles. The van der Waals surface area contributed by atoms with Crippen molar-refractivity contribution in [1.29, 1.82) is 0 Å². The highest BCUT2D eigenvalue weighted by molar-refractivity contribution is 7.99. The minimum absolute atomic E-state index is 0.335. The molecule has 2 N–H and O–H groups in total. The van der Waals surface area contributed by atoms with Crippen molar-refractivity contribution in [2.45, 2.75) is 42.7 Å². The standard InChI is InChI=1S/C21H27NO2S/c1-24-20-11-10-16-6-5-7-18(12-17(16)13-20)22-14-19(23)15-25-21-8-3-2-4-9-21/h2-4,8-11,13,18-19,22-23H,5-7,12,14-15H2,1H3/t18?,19-/m0/s1. The third kappa shape index (κ3) is 5.50. The van der Waals surface area contributed by atoms with E-state index < -0.39 is 0 Å². The summed E-state index contributed by atoms with van der Waals surface area (Å²) in [6.45, 7) is 0.643. The number of aliphatic hydroxyl groups is 1. The zero-order valence-corrected chi connectivity index (χ0v) is 15.6. The molecule has 2 atom stereocenters. The number of thioether (sulfide) groups is 1. The lowest BCUT2D eigenvalue weighted by Gasteiger charge is -2.19. The summed E-state index contributed by atoms with van der Waals surface area (Å²) >= 11 is 1.71. The molecule has 1 unspecified atom stereocenters. The number of hydrogen-bond donors (Lipinski definition) is 2. The van der Waals surface area contributed by atoms with Crippen LogP contribution in [0, 0.1) is 0 Å². The van der Waals surface area contributed by atoms with E-state index in [1.165, 1.54) is 22.4 Å². The van der Waals surface area contributed by atoms with Gasteiger partial charge in [-0.1, -0.05) is 24.3 Å². The van der Waals surface area contributed by atoms with Crippen molar-refractivity contribution in [2.24, 2.45) is 0 Å². The van der Waals surface area contributed by atoms with Crippen LogP contribution < -0.4 is 10.1 Å². The van der Waals surface area contributed by atoms with Gasteiger partial charge in [-0.3, -0.25) is 0 Å². The number of benzene rings is 2. The molecule has 2 aromatic rings. The molecule has 0 bridgehead atoms. The Morgan fingerprint density at radius 2 is 2.04 bits per heavy atom. The molecular weight excluding hydrogens is 330 g/mol. The van der Waals surface area contributed by atoms with Crippen LogP contribution in [0.25, 0.3) is 0 Å². The van der Waals surface area contributed by atoms with Crippen molar-refractivity contribution < 1.29 is 9.84 Å². The first-order valence-electron chi connectivity index (χ1n) is 8.99. The van der Waals surface area contributed by atoms with Crippen LogP contribution in [0.2, 0.25) is 0 Å². The lowest BCUT2D eigenvalue weighted by molar-refractivity contribution is 0.189. The van der Waals surface area contributed by atoms with E-state index in [4.69, 9.17) is 4.74 Å². The molecule has 3 rings (SSSR count). The van der Waals surface area contributed by atoms with Gasteiger partial charge in [-0.2, -0.15) is 0 Å². The average molecular weight is 358 g/mol. The summed E-state index contributed by atoms with van der Waals surface area (Å²) < 4.78 is 5.37. The van der Waals surface area contributed by atoms with Gasteiger partial charge in [0.1, 0.15) is 5.75 Å². The molecule has 1 aliphatic rings. The van der Waals surface area contributed by atoms with Gasteiger partial charge >= 0.3 is 0 Å². The number of hydrogen-bond acceptors (Lipinski definition) is 4. The first-order chi connectivity index (χ1) is 12.2. The van der Waals surface area contributed by atoms with Crippen LogP contribution in [-0.4, -0.2) is 36.7 Å². The topological polar surface area (TPSA) is 41.5 Å². The zero-order valence-electron chi connectivity index (χ0n) is 14.8. The Bertz CT molecular complexity index is 662. The molecule has 0 fully saturated rings. The van der Waals surface area contributed by atoms with Crippen LogP contribution >= 0.6 is 11.8 Å². The first-order valence-corrected chi connectivity index (χ1v) is 9.98. The van der Waals surface area contributed by atoms with E-state index in [2.05, 4.69) is 35.6 Å². The summed E-state index contributed by atoms with van der Waals surface area (Å²) in [5.74, 6) is 1.65. The molecule has 0 saturated heterocycles. The summed E-state index contributed by atoms with van der Waals surface area (Å²) in [4.78, 5) is 1.21. The van der Waals surface area contributed by atoms with E-state index in [1.807, 2.05) is 18.2 Å². The third-order valence-electron chi connectivity index (χ3n) is 4.71. The lowest BCUT2D eigenvalue weighted by atomic mass is 10.0. The largest absolute Gasteiger partial charge is 0.497 e. The zero-order chi connectivity index (χ0) is 17.5. The maximum absolute atomic E-state index is 10.3. The Labute approximate surface area is 154 Å². The summed E-state index contributed by atoms with van der Waals surface area (Å²) in [5.41, 5.74) is 2.81. The molecule has 0 aromatic heterocycles. The van der Waals surface area contributed by atoms with E-state index in [0.29, 0.717) is 18.3 Å². The molecular formula is C21H27NO2S. The molecule has 1 aliphatic carbocycles. The second-order valence-electron chi connectivity index (χ2n) is 6.61. The van der Waals surface area contributed by atoms with Crippen molar-refractivity contribution in [2.75, 3.05) is 19.4 Å². The van der Waals surface area contributed by atoms with Crippen molar-refractivity contribution in [1.82, 2.24) is 5.32 Å². The fraction of sp³-hybridized carbons (Fsp3) is 0.429. The van der Waals surface area contributed by atoms with Gasteiger partial charge in [0.2, 0.25) is 0 Å². The Kier molecular flexibility index (Phi) is 6.79. The van der Waals surface area contributed by atoms with Gasteiger partial charge in [-0.25, -0.2) is 0 Å². The fourth-order valence-electron chi connectivity index (χ4n) is 3.31. The van der Waals surface area contributed by atoms with Gasteiger partial charge in [0, 0.05) is 23.2 Å². The molecule has 0 spiro atoms. The van der Waals surface area contributed by atoms with Gasteiger partial charge < -0.3 is 15.2 Å². The van der Waals surface area contributed by atoms with Crippen molar-refractivity contribution in [3.63, 3.8) is 0 Å². The van der Waals surface area contributed by atoms with Gasteiger partial charge in [0.05, 0.1) is 13.2 Å². The molecule has 134 valence electrons. The predicted octanol–water partition coefficient (Wildman–Crippen LogP) is 3.69. The minimum Gasteiger partial charge on any atom is -0.497 e. The second-order valence-corrected chi connectivity index (χ2v) is 7.71. The number of ether oxygens (including phenoxy) is 1. The van der Waals surface area contributed by atoms with Crippen molar-refractivity contribution >= 4 is 11.8 Å². The van der Waals surface area contributed by atoms with Gasteiger partial charge in [-0.05, 0) is 61.1 Å². The number of rotatable bonds is 7. The average Bonchev–Trinajstić information content (AvgIpc) is 2.86. The van der Waals surface area contributed by atoms with E-state index in [1.54, 1.807) is 18.9 Å². The number of fused-ring (bicyclic) bond motifs is 1. The minimum atomic E-state index is -0.335. The Morgan fingerprint density at radius 3 is 2.84 bits per heavy atom. The van der Waals surface area contributed by atoms with Crippen LogP contribution in [0.5, 0.6) is 5.75 Å².